The molecule has 1 aliphatic carbocycles. The number of esters is 1. The van der Waals surface area contributed by atoms with E-state index in [-0.39, 0.29) is 47.4 Å². The van der Waals surface area contributed by atoms with E-state index in [0.29, 0.717) is 31.3 Å². The Hall–Kier alpha value is -3.84. The Balaban J connectivity index is 1.56. The van der Waals surface area contributed by atoms with Crippen LogP contribution in [-0.4, -0.2) is 57.5 Å². The average Bonchev–Trinajstić information content (AvgIpc) is 3.44. The second-order valence-electron chi connectivity index (χ2n) is 10.7. The van der Waals surface area contributed by atoms with Crippen molar-refractivity contribution < 1.29 is 23.8 Å². The summed E-state index contributed by atoms with van der Waals surface area (Å²) in [5.41, 5.74) is 1.94. The zero-order valence-electron chi connectivity index (χ0n) is 22.2. The van der Waals surface area contributed by atoms with Crippen LogP contribution < -0.4 is 4.74 Å². The zero-order valence-corrected chi connectivity index (χ0v) is 22.2. The van der Waals surface area contributed by atoms with E-state index >= 15 is 0 Å². The molecule has 2 fully saturated rings. The Morgan fingerprint density at radius 3 is 2.50 bits per heavy atom. The summed E-state index contributed by atoms with van der Waals surface area (Å²) < 4.78 is 18.5. The fraction of sp³-hybridized carbons (Fsp3) is 0.500. The molecule has 0 bridgehead atoms. The molecule has 2 atom stereocenters. The molecular formula is C28H33N5O5. The van der Waals surface area contributed by atoms with Gasteiger partial charge < -0.3 is 14.2 Å². The molecule has 1 saturated heterocycles. The van der Waals surface area contributed by atoms with E-state index in [1.807, 2.05) is 31.2 Å². The van der Waals surface area contributed by atoms with Crippen LogP contribution in [0.1, 0.15) is 56.0 Å². The van der Waals surface area contributed by atoms with Crippen LogP contribution in [-0.2, 0) is 9.47 Å². The molecule has 1 aromatic carbocycles. The highest BCUT2D eigenvalue weighted by molar-refractivity contribution is 6.05. The van der Waals surface area contributed by atoms with Crippen molar-refractivity contribution in [2.24, 2.45) is 17.8 Å². The Bertz CT molecular complexity index is 1370. The van der Waals surface area contributed by atoms with E-state index in [1.54, 1.807) is 0 Å². The molecule has 1 saturated carbocycles. The summed E-state index contributed by atoms with van der Waals surface area (Å²) in [6, 6.07) is 7.73. The summed E-state index contributed by atoms with van der Waals surface area (Å²) in [4.78, 5) is 36.3. The number of carbonyl (C=O) groups is 2. The topological polar surface area (TPSA) is 103 Å². The molecule has 3 aromatic rings. The van der Waals surface area contributed by atoms with E-state index in [2.05, 4.69) is 35.7 Å². The number of fused-ring (bicyclic) bond motifs is 1. The van der Waals surface area contributed by atoms with Crippen LogP contribution >= 0.6 is 0 Å². The lowest BCUT2D eigenvalue weighted by Crippen LogP contribution is -2.40. The van der Waals surface area contributed by atoms with E-state index in [0.717, 1.165) is 24.0 Å². The maximum absolute atomic E-state index is 13.7. The molecule has 200 valence electrons. The summed E-state index contributed by atoms with van der Waals surface area (Å²) in [7, 11) is 0. The fourth-order valence-corrected chi connectivity index (χ4v) is 5.70. The van der Waals surface area contributed by atoms with Gasteiger partial charge in [0.2, 0.25) is 5.88 Å². The number of hydrogen-bond donors (Lipinski definition) is 1. The van der Waals surface area contributed by atoms with Crippen LogP contribution in [0.3, 0.4) is 0 Å². The first-order chi connectivity index (χ1) is 18.3. The number of nitrogens with zero attached hydrogens (tertiary/aromatic N) is 4. The zero-order chi connectivity index (χ0) is 27.0. The quantitative estimate of drug-likeness (QED) is 0.356. The molecule has 1 amide bonds. The highest BCUT2D eigenvalue weighted by atomic mass is 16.6. The Kier molecular flexibility index (Phi) is 7.13. The van der Waals surface area contributed by atoms with Crippen molar-refractivity contribution in [1.82, 2.24) is 19.5 Å². The number of aromatic nitrogens is 3. The second-order valence-corrected chi connectivity index (χ2v) is 10.7. The van der Waals surface area contributed by atoms with Gasteiger partial charge in [-0.3, -0.25) is 10.00 Å². The lowest BCUT2D eigenvalue weighted by molar-refractivity contribution is -0.0250. The number of carbonyl (C=O) groups excluding carboxylic acids is 2. The van der Waals surface area contributed by atoms with Crippen LogP contribution in [0.5, 0.6) is 5.88 Å². The molecule has 2 aliphatic rings. The summed E-state index contributed by atoms with van der Waals surface area (Å²) in [5, 5.41) is 3.11. The van der Waals surface area contributed by atoms with Crippen molar-refractivity contribution in [3.63, 3.8) is 0 Å². The third-order valence-electron chi connectivity index (χ3n) is 7.47. The van der Waals surface area contributed by atoms with Gasteiger partial charge in [0.1, 0.15) is 18.4 Å². The third-order valence-corrected chi connectivity index (χ3v) is 7.47. The largest absolute Gasteiger partial charge is 0.459 e. The summed E-state index contributed by atoms with van der Waals surface area (Å²) >= 11 is 0. The van der Waals surface area contributed by atoms with E-state index in [1.165, 1.54) is 9.42 Å². The standard InChI is InChI=1S/C28H33N5O5/c1-16-7-9-20(10-8-16)24-30-25-21(27(34)37-23-18(3)13-17(2)14-19(23)4)22(29-5)26(33(25)31-24)38-28(35)32-11-6-12-36-15-32/h7-10,17-19,23H,6,11-15H2,1-4H3,(H,30,31). The van der Waals surface area contributed by atoms with Crippen LogP contribution in [0.2, 0.25) is 0 Å². The summed E-state index contributed by atoms with van der Waals surface area (Å²) in [5.74, 6) is 0.663. The minimum atomic E-state index is -0.663. The first-order valence-electron chi connectivity index (χ1n) is 13.1. The van der Waals surface area contributed by atoms with Gasteiger partial charge in [-0.05, 0) is 43.9 Å². The molecule has 0 spiro atoms. The van der Waals surface area contributed by atoms with Crippen LogP contribution in [0, 0.1) is 31.2 Å². The molecule has 38 heavy (non-hydrogen) atoms. The van der Waals surface area contributed by atoms with Crippen LogP contribution in [0.4, 0.5) is 10.5 Å². The molecule has 1 N–H and O–H groups in total. The average molecular weight is 520 g/mol. The van der Waals surface area contributed by atoms with E-state index in [4.69, 9.17) is 20.8 Å². The number of H-pyrrole nitrogens is 1. The van der Waals surface area contributed by atoms with Crippen LogP contribution in [0.15, 0.2) is 24.3 Å². The minimum Gasteiger partial charge on any atom is -0.459 e. The van der Waals surface area contributed by atoms with Gasteiger partial charge in [0.15, 0.2) is 11.5 Å². The first kappa shape index (κ1) is 25.8. The van der Waals surface area contributed by atoms with Gasteiger partial charge in [-0.25, -0.2) is 23.9 Å². The molecule has 1 aliphatic heterocycles. The van der Waals surface area contributed by atoms with Crippen molar-refractivity contribution >= 4 is 23.4 Å². The predicted molar refractivity (Wildman–Crippen MR) is 140 cm³/mol. The molecule has 10 heteroatoms. The van der Waals surface area contributed by atoms with Gasteiger partial charge in [-0.15, -0.1) is 0 Å². The molecule has 2 aromatic heterocycles. The van der Waals surface area contributed by atoms with Gasteiger partial charge in [0.25, 0.3) is 5.69 Å². The van der Waals surface area contributed by atoms with Gasteiger partial charge in [-0.2, -0.15) is 0 Å². The lowest BCUT2D eigenvalue weighted by atomic mass is 9.75. The first-order valence-corrected chi connectivity index (χ1v) is 13.1. The van der Waals surface area contributed by atoms with E-state index in [9.17, 15) is 9.59 Å². The molecule has 3 heterocycles. The molecule has 2 unspecified atom stereocenters. The van der Waals surface area contributed by atoms with Gasteiger partial charge in [0.05, 0.1) is 13.2 Å². The predicted octanol–water partition coefficient (Wildman–Crippen LogP) is 5.59. The van der Waals surface area contributed by atoms with Gasteiger partial charge in [0, 0.05) is 12.1 Å². The van der Waals surface area contributed by atoms with Crippen LogP contribution in [0.25, 0.3) is 21.9 Å². The van der Waals surface area contributed by atoms with E-state index < -0.39 is 12.1 Å². The molecule has 10 nitrogen and oxygen atoms in total. The molecule has 0 radical (unpaired) electrons. The Morgan fingerprint density at radius 1 is 1.16 bits per heavy atom. The lowest BCUT2D eigenvalue weighted by Gasteiger charge is -2.37. The highest BCUT2D eigenvalue weighted by Gasteiger charge is 2.37. The normalized spacial score (nSPS) is 23.7. The monoisotopic (exact) mass is 519 g/mol. The minimum absolute atomic E-state index is 0.00896. The molecular weight excluding hydrogens is 486 g/mol. The SMILES string of the molecule is [C-]#[N+]c1c(C(=O)OC2C(C)CC(C)CC2C)c2nc(-c3ccc(C)cc3)[nH]n2c1OC(=O)N1CCCOC1. The number of ether oxygens (including phenoxy) is 3. The summed E-state index contributed by atoms with van der Waals surface area (Å²) in [6.45, 7) is 17.4. The van der Waals surface area contributed by atoms with Gasteiger partial charge in [-0.1, -0.05) is 50.6 Å². The number of nitrogens with one attached hydrogen (secondary N) is 1. The second kappa shape index (κ2) is 10.5. The maximum Gasteiger partial charge on any atom is 0.417 e. The number of aromatic amines is 1. The number of aryl methyl sites for hydroxylation is 1. The maximum atomic E-state index is 13.7. The highest BCUT2D eigenvalue weighted by Crippen LogP contribution is 2.41. The number of hydrogen-bond acceptors (Lipinski definition) is 6. The smallest absolute Gasteiger partial charge is 0.417 e. The number of amides is 1. The summed E-state index contributed by atoms with van der Waals surface area (Å²) in [6.07, 6.45) is 1.67. The van der Waals surface area contributed by atoms with Crippen molar-refractivity contribution in [3.8, 4) is 17.3 Å². The van der Waals surface area contributed by atoms with Gasteiger partial charge >= 0.3 is 12.1 Å². The van der Waals surface area contributed by atoms with Crippen molar-refractivity contribution in [2.75, 3.05) is 19.9 Å². The number of rotatable bonds is 4. The van der Waals surface area contributed by atoms with Crippen molar-refractivity contribution in [3.05, 3.63) is 46.8 Å². The fourth-order valence-electron chi connectivity index (χ4n) is 5.70. The Morgan fingerprint density at radius 2 is 1.87 bits per heavy atom. The number of benzene rings is 1. The third kappa shape index (κ3) is 4.86. The Labute approximate surface area is 221 Å². The van der Waals surface area contributed by atoms with Crippen molar-refractivity contribution in [2.45, 2.75) is 53.1 Å². The molecule has 5 rings (SSSR count). The van der Waals surface area contributed by atoms with Crippen molar-refractivity contribution in [1.29, 1.82) is 0 Å².